The molecule has 0 saturated carbocycles. The molecule has 1 fully saturated rings. The number of anilines is 2. The first-order chi connectivity index (χ1) is 13.6. The van der Waals surface area contributed by atoms with E-state index in [1.54, 1.807) is 17.8 Å². The van der Waals surface area contributed by atoms with Gasteiger partial charge in [-0.05, 0) is 49.4 Å². The van der Waals surface area contributed by atoms with E-state index in [9.17, 15) is 4.39 Å². The van der Waals surface area contributed by atoms with E-state index >= 15 is 0 Å². The van der Waals surface area contributed by atoms with E-state index < -0.39 is 0 Å². The molecule has 0 aliphatic carbocycles. The minimum absolute atomic E-state index is 0.204. The highest BCUT2D eigenvalue weighted by atomic mass is 35.5. The number of rotatable bonds is 6. The van der Waals surface area contributed by atoms with Crippen molar-refractivity contribution in [2.45, 2.75) is 16.2 Å². The molecule has 2 aliphatic heterocycles. The second-order valence-electron chi connectivity index (χ2n) is 7.24. The van der Waals surface area contributed by atoms with Gasteiger partial charge in [0, 0.05) is 54.1 Å². The van der Waals surface area contributed by atoms with Gasteiger partial charge in [0.15, 0.2) is 0 Å². The number of halogens is 2. The maximum atomic E-state index is 13.8. The van der Waals surface area contributed by atoms with E-state index in [0.29, 0.717) is 0 Å². The fourth-order valence-electron chi connectivity index (χ4n) is 3.90. The third kappa shape index (κ3) is 4.47. The van der Waals surface area contributed by atoms with Crippen LogP contribution in [0.2, 0.25) is 5.02 Å². The molecule has 1 saturated heterocycles. The zero-order chi connectivity index (χ0) is 19.5. The number of fused-ring (bicyclic) bond motifs is 2. The van der Waals surface area contributed by atoms with Crippen LogP contribution in [0.25, 0.3) is 0 Å². The van der Waals surface area contributed by atoms with Gasteiger partial charge in [-0.15, -0.1) is 0 Å². The second-order valence-corrected chi connectivity index (χ2v) is 8.76. The Balaban J connectivity index is 1.43. The Bertz CT molecular complexity index is 829. The minimum atomic E-state index is -0.204. The summed E-state index contributed by atoms with van der Waals surface area (Å²) >= 11 is 7.86. The fraction of sp³-hybridized carbons (Fsp3) is 0.429. The molecule has 0 aromatic heterocycles. The summed E-state index contributed by atoms with van der Waals surface area (Å²) in [6, 6.07) is 10.9. The van der Waals surface area contributed by atoms with Gasteiger partial charge in [-0.25, -0.2) is 4.39 Å². The fourth-order valence-corrected chi connectivity index (χ4v) is 5.17. The van der Waals surface area contributed by atoms with Gasteiger partial charge in [0.25, 0.3) is 0 Å². The second kappa shape index (κ2) is 9.01. The van der Waals surface area contributed by atoms with Crippen molar-refractivity contribution in [1.82, 2.24) is 9.80 Å². The predicted octanol–water partition coefficient (Wildman–Crippen LogP) is 4.08. The Kier molecular flexibility index (Phi) is 6.43. The van der Waals surface area contributed by atoms with Crippen molar-refractivity contribution < 1.29 is 9.50 Å². The molecule has 7 heteroatoms. The molecule has 150 valence electrons. The van der Waals surface area contributed by atoms with Gasteiger partial charge >= 0.3 is 0 Å². The zero-order valence-electron chi connectivity index (χ0n) is 15.8. The normalized spacial score (nSPS) is 17.5. The monoisotopic (exact) mass is 421 g/mol. The molecule has 0 bridgehead atoms. The van der Waals surface area contributed by atoms with Crippen molar-refractivity contribution in [1.29, 1.82) is 0 Å². The Hall–Kier alpha value is -1.31. The SMILES string of the molecule is OCCN1CCN(CCCN2c3ccc(F)cc3Sc3ccc(Cl)cc32)CC1. The number of aliphatic hydroxyl groups is 1. The van der Waals surface area contributed by atoms with Crippen molar-refractivity contribution in [2.75, 3.05) is 57.3 Å². The maximum absolute atomic E-state index is 13.8. The third-order valence-corrected chi connectivity index (χ3v) is 6.73. The summed E-state index contributed by atoms with van der Waals surface area (Å²) in [7, 11) is 0. The molecule has 4 rings (SSSR count). The van der Waals surface area contributed by atoms with Gasteiger partial charge in [-0.3, -0.25) is 4.90 Å². The topological polar surface area (TPSA) is 30.0 Å². The quantitative estimate of drug-likeness (QED) is 0.759. The van der Waals surface area contributed by atoms with Gasteiger partial charge < -0.3 is 14.9 Å². The molecule has 0 spiro atoms. The van der Waals surface area contributed by atoms with E-state index in [-0.39, 0.29) is 12.4 Å². The van der Waals surface area contributed by atoms with E-state index in [0.717, 1.165) is 78.4 Å². The number of hydrogen-bond acceptors (Lipinski definition) is 5. The Morgan fingerprint density at radius 1 is 0.893 bits per heavy atom. The molecule has 0 radical (unpaired) electrons. The van der Waals surface area contributed by atoms with Crippen molar-refractivity contribution >= 4 is 34.7 Å². The maximum Gasteiger partial charge on any atom is 0.124 e. The zero-order valence-corrected chi connectivity index (χ0v) is 17.4. The van der Waals surface area contributed by atoms with Crippen LogP contribution in [0.3, 0.4) is 0 Å². The molecule has 1 N–H and O–H groups in total. The molecular weight excluding hydrogens is 397 g/mol. The van der Waals surface area contributed by atoms with Crippen molar-refractivity contribution in [3.05, 3.63) is 47.2 Å². The van der Waals surface area contributed by atoms with Crippen LogP contribution >= 0.6 is 23.4 Å². The Labute approximate surface area is 174 Å². The van der Waals surface area contributed by atoms with Gasteiger partial charge in [0.2, 0.25) is 0 Å². The summed E-state index contributed by atoms with van der Waals surface area (Å²) in [5.41, 5.74) is 2.15. The summed E-state index contributed by atoms with van der Waals surface area (Å²) in [5.74, 6) is -0.204. The van der Waals surface area contributed by atoms with Crippen LogP contribution < -0.4 is 4.90 Å². The molecule has 0 unspecified atom stereocenters. The molecule has 2 aromatic carbocycles. The van der Waals surface area contributed by atoms with Crippen LogP contribution in [-0.2, 0) is 0 Å². The molecule has 4 nitrogen and oxygen atoms in total. The highest BCUT2D eigenvalue weighted by Crippen LogP contribution is 2.49. The number of piperazine rings is 1. The molecule has 0 atom stereocenters. The highest BCUT2D eigenvalue weighted by molar-refractivity contribution is 7.99. The largest absolute Gasteiger partial charge is 0.395 e. The standard InChI is InChI=1S/C21H25ClFN3OS/c22-16-2-5-20-19(14-16)26(18-4-3-17(23)15-21(18)28-20)7-1-6-24-8-10-25(11-9-24)12-13-27/h2-5,14-15,27H,1,6-13H2. The van der Waals surface area contributed by atoms with Gasteiger partial charge in [0.1, 0.15) is 5.82 Å². The first kappa shape index (κ1) is 20.0. The Morgan fingerprint density at radius 2 is 1.64 bits per heavy atom. The summed E-state index contributed by atoms with van der Waals surface area (Å²) < 4.78 is 13.8. The first-order valence-corrected chi connectivity index (χ1v) is 10.9. The van der Waals surface area contributed by atoms with Crippen molar-refractivity contribution in [3.63, 3.8) is 0 Å². The molecule has 2 heterocycles. The summed E-state index contributed by atoms with van der Waals surface area (Å²) in [6.45, 7) is 7.01. The minimum Gasteiger partial charge on any atom is -0.395 e. The lowest BCUT2D eigenvalue weighted by atomic mass is 10.2. The van der Waals surface area contributed by atoms with Crippen LogP contribution in [-0.4, -0.2) is 67.3 Å². The molecule has 28 heavy (non-hydrogen) atoms. The Morgan fingerprint density at radius 3 is 2.39 bits per heavy atom. The molecule has 0 amide bonds. The van der Waals surface area contributed by atoms with Crippen LogP contribution in [0.15, 0.2) is 46.2 Å². The van der Waals surface area contributed by atoms with Gasteiger partial charge in [-0.2, -0.15) is 0 Å². The molecule has 2 aliphatic rings. The number of hydrogen-bond donors (Lipinski definition) is 1. The van der Waals surface area contributed by atoms with Gasteiger partial charge in [0.05, 0.1) is 18.0 Å². The van der Waals surface area contributed by atoms with Crippen LogP contribution in [0.1, 0.15) is 6.42 Å². The molecular formula is C21H25ClFN3OS. The van der Waals surface area contributed by atoms with E-state index in [1.165, 1.54) is 6.07 Å². The van der Waals surface area contributed by atoms with Crippen LogP contribution in [0, 0.1) is 5.82 Å². The van der Waals surface area contributed by atoms with Gasteiger partial charge in [-0.1, -0.05) is 23.4 Å². The molecule has 2 aromatic rings. The summed E-state index contributed by atoms with van der Waals surface area (Å²) in [5, 5.41) is 9.79. The summed E-state index contributed by atoms with van der Waals surface area (Å²) in [4.78, 5) is 9.12. The lowest BCUT2D eigenvalue weighted by Crippen LogP contribution is -2.47. The smallest absolute Gasteiger partial charge is 0.124 e. The van der Waals surface area contributed by atoms with E-state index in [1.807, 2.05) is 24.3 Å². The third-order valence-electron chi connectivity index (χ3n) is 5.38. The number of nitrogens with zero attached hydrogens (tertiary/aromatic N) is 3. The average molecular weight is 422 g/mol. The van der Waals surface area contributed by atoms with E-state index in [2.05, 4.69) is 14.7 Å². The number of aliphatic hydroxyl groups excluding tert-OH is 1. The lowest BCUT2D eigenvalue weighted by molar-refractivity contribution is 0.112. The van der Waals surface area contributed by atoms with Crippen molar-refractivity contribution in [2.24, 2.45) is 0 Å². The summed E-state index contributed by atoms with van der Waals surface area (Å²) in [6.07, 6.45) is 1.02. The van der Waals surface area contributed by atoms with E-state index in [4.69, 9.17) is 16.7 Å². The average Bonchev–Trinajstić information content (AvgIpc) is 2.69. The first-order valence-electron chi connectivity index (χ1n) is 9.74. The van der Waals surface area contributed by atoms with Crippen LogP contribution in [0.4, 0.5) is 15.8 Å². The van der Waals surface area contributed by atoms with Crippen molar-refractivity contribution in [3.8, 4) is 0 Å². The lowest BCUT2D eigenvalue weighted by Gasteiger charge is -2.36. The highest BCUT2D eigenvalue weighted by Gasteiger charge is 2.24. The predicted molar refractivity (Wildman–Crippen MR) is 114 cm³/mol. The number of β-amino-alcohol motifs (C(OH)–C–C–N with tert-alkyl or cyclic N) is 1. The number of benzene rings is 2. The van der Waals surface area contributed by atoms with Crippen LogP contribution in [0.5, 0.6) is 0 Å².